The van der Waals surface area contributed by atoms with Gasteiger partial charge in [-0.15, -0.1) is 0 Å². The standard InChI is InChI=1S/C24H24BrClFNO2/c1-2-29-23-12-19(15-28-11-10-17-6-4-3-5-7-17)21(25)14-24(23)30-16-18-8-9-20(27)13-22(18)26/h3-9,12-14,28H,2,10-11,15-16H2,1H3. The molecule has 0 aliphatic heterocycles. The Balaban J connectivity index is 1.64. The predicted molar refractivity (Wildman–Crippen MR) is 123 cm³/mol. The maximum atomic E-state index is 13.2. The van der Waals surface area contributed by atoms with Gasteiger partial charge < -0.3 is 14.8 Å². The summed E-state index contributed by atoms with van der Waals surface area (Å²) in [6.45, 7) is 4.26. The molecular formula is C24H24BrClFNO2. The van der Waals surface area contributed by atoms with Crippen molar-refractivity contribution in [1.29, 1.82) is 0 Å². The Morgan fingerprint density at radius 3 is 2.47 bits per heavy atom. The lowest BCUT2D eigenvalue weighted by Gasteiger charge is -2.16. The Labute approximate surface area is 190 Å². The molecule has 6 heteroatoms. The summed E-state index contributed by atoms with van der Waals surface area (Å²) in [5.74, 6) is 0.904. The van der Waals surface area contributed by atoms with Crippen molar-refractivity contribution in [1.82, 2.24) is 5.32 Å². The van der Waals surface area contributed by atoms with Gasteiger partial charge in [0.15, 0.2) is 11.5 Å². The normalized spacial score (nSPS) is 10.8. The molecule has 0 saturated heterocycles. The molecule has 0 aliphatic carbocycles. The summed E-state index contributed by atoms with van der Waals surface area (Å²) >= 11 is 9.73. The number of benzene rings is 3. The molecule has 0 amide bonds. The highest BCUT2D eigenvalue weighted by atomic mass is 79.9. The fourth-order valence-electron chi connectivity index (χ4n) is 2.99. The van der Waals surface area contributed by atoms with Gasteiger partial charge in [-0.25, -0.2) is 4.39 Å². The van der Waals surface area contributed by atoms with Crippen molar-refractivity contribution in [2.75, 3.05) is 13.2 Å². The summed E-state index contributed by atoms with van der Waals surface area (Å²) in [5, 5.41) is 3.81. The van der Waals surface area contributed by atoms with Crippen LogP contribution in [0.25, 0.3) is 0 Å². The van der Waals surface area contributed by atoms with Crippen molar-refractivity contribution >= 4 is 27.5 Å². The van der Waals surface area contributed by atoms with Crippen LogP contribution in [-0.4, -0.2) is 13.2 Å². The van der Waals surface area contributed by atoms with Crippen molar-refractivity contribution in [2.45, 2.75) is 26.5 Å². The summed E-state index contributed by atoms with van der Waals surface area (Å²) in [5.41, 5.74) is 3.10. The van der Waals surface area contributed by atoms with Crippen LogP contribution in [0.4, 0.5) is 4.39 Å². The number of hydrogen-bond donors (Lipinski definition) is 1. The Morgan fingerprint density at radius 2 is 1.73 bits per heavy atom. The molecule has 3 aromatic carbocycles. The van der Waals surface area contributed by atoms with Gasteiger partial charge in [0, 0.05) is 16.6 Å². The van der Waals surface area contributed by atoms with Gasteiger partial charge in [0.25, 0.3) is 0 Å². The van der Waals surface area contributed by atoms with Gasteiger partial charge in [0.2, 0.25) is 0 Å². The topological polar surface area (TPSA) is 30.5 Å². The Morgan fingerprint density at radius 1 is 0.967 bits per heavy atom. The van der Waals surface area contributed by atoms with Crippen LogP contribution < -0.4 is 14.8 Å². The van der Waals surface area contributed by atoms with Crippen LogP contribution in [0.1, 0.15) is 23.6 Å². The van der Waals surface area contributed by atoms with Crippen molar-refractivity contribution in [3.8, 4) is 11.5 Å². The molecule has 158 valence electrons. The SMILES string of the molecule is CCOc1cc(CNCCc2ccccc2)c(Br)cc1OCc1ccc(F)cc1Cl. The average Bonchev–Trinajstić information content (AvgIpc) is 2.74. The van der Waals surface area contributed by atoms with E-state index in [4.69, 9.17) is 21.1 Å². The molecule has 3 nitrogen and oxygen atoms in total. The van der Waals surface area contributed by atoms with Gasteiger partial charge >= 0.3 is 0 Å². The quantitative estimate of drug-likeness (QED) is 0.325. The number of hydrogen-bond acceptors (Lipinski definition) is 3. The van der Waals surface area contributed by atoms with Gasteiger partial charge in [-0.3, -0.25) is 0 Å². The lowest BCUT2D eigenvalue weighted by Crippen LogP contribution is -2.17. The maximum Gasteiger partial charge on any atom is 0.162 e. The molecule has 3 rings (SSSR count). The van der Waals surface area contributed by atoms with Crippen LogP contribution >= 0.6 is 27.5 Å². The fourth-order valence-corrected chi connectivity index (χ4v) is 3.67. The third kappa shape index (κ3) is 6.46. The third-order valence-electron chi connectivity index (χ3n) is 4.56. The summed E-state index contributed by atoms with van der Waals surface area (Å²) < 4.78 is 25.9. The number of rotatable bonds is 10. The molecule has 0 spiro atoms. The average molecular weight is 493 g/mol. The van der Waals surface area contributed by atoms with E-state index in [2.05, 4.69) is 45.5 Å². The maximum absolute atomic E-state index is 13.2. The highest BCUT2D eigenvalue weighted by Gasteiger charge is 2.12. The first-order valence-corrected chi connectivity index (χ1v) is 11.0. The van der Waals surface area contributed by atoms with Gasteiger partial charge in [-0.1, -0.05) is 63.9 Å². The zero-order valence-electron chi connectivity index (χ0n) is 16.8. The minimum Gasteiger partial charge on any atom is -0.490 e. The van der Waals surface area contributed by atoms with E-state index in [0.29, 0.717) is 35.2 Å². The van der Waals surface area contributed by atoms with Crippen molar-refractivity contribution in [3.63, 3.8) is 0 Å². The van der Waals surface area contributed by atoms with E-state index in [1.54, 1.807) is 6.07 Å². The molecular weight excluding hydrogens is 469 g/mol. The molecule has 0 unspecified atom stereocenters. The second kappa shape index (κ2) is 11.3. The highest BCUT2D eigenvalue weighted by Crippen LogP contribution is 2.35. The molecule has 1 N–H and O–H groups in total. The fraction of sp³-hybridized carbons (Fsp3) is 0.250. The van der Waals surface area contributed by atoms with Gasteiger partial charge in [-0.05, 0) is 55.3 Å². The van der Waals surface area contributed by atoms with Crippen molar-refractivity contribution in [3.05, 3.63) is 92.7 Å². The number of ether oxygens (including phenoxy) is 2. The van der Waals surface area contributed by atoms with Crippen molar-refractivity contribution in [2.24, 2.45) is 0 Å². The van der Waals surface area contributed by atoms with E-state index in [9.17, 15) is 4.39 Å². The van der Waals surface area contributed by atoms with Crippen LogP contribution in [0.3, 0.4) is 0 Å². The molecule has 0 bridgehead atoms. The van der Waals surface area contributed by atoms with E-state index in [1.807, 2.05) is 25.1 Å². The Hall–Kier alpha value is -2.08. The molecule has 0 heterocycles. The molecule has 0 saturated carbocycles. The van der Waals surface area contributed by atoms with Crippen LogP contribution in [0.5, 0.6) is 11.5 Å². The first kappa shape index (κ1) is 22.6. The molecule has 0 atom stereocenters. The number of nitrogens with one attached hydrogen (secondary N) is 1. The third-order valence-corrected chi connectivity index (χ3v) is 5.65. The molecule has 0 aliphatic rings. The number of halogens is 3. The summed E-state index contributed by atoms with van der Waals surface area (Å²) in [7, 11) is 0. The summed E-state index contributed by atoms with van der Waals surface area (Å²) in [4.78, 5) is 0. The zero-order chi connectivity index (χ0) is 21.3. The van der Waals surface area contributed by atoms with Gasteiger partial charge in [0.1, 0.15) is 12.4 Å². The van der Waals surface area contributed by atoms with Gasteiger partial charge in [-0.2, -0.15) is 0 Å². The summed E-state index contributed by atoms with van der Waals surface area (Å²) in [6, 6.07) is 18.5. The van der Waals surface area contributed by atoms with E-state index >= 15 is 0 Å². The van der Waals surface area contributed by atoms with Gasteiger partial charge in [0.05, 0.1) is 11.6 Å². The Bertz CT molecular complexity index is 969. The van der Waals surface area contributed by atoms with Crippen LogP contribution in [0.2, 0.25) is 5.02 Å². The first-order chi connectivity index (χ1) is 14.6. The van der Waals surface area contributed by atoms with E-state index in [-0.39, 0.29) is 12.4 Å². The molecule has 30 heavy (non-hydrogen) atoms. The monoisotopic (exact) mass is 491 g/mol. The largest absolute Gasteiger partial charge is 0.490 e. The molecule has 0 aromatic heterocycles. The molecule has 3 aromatic rings. The smallest absolute Gasteiger partial charge is 0.162 e. The second-order valence-corrected chi connectivity index (χ2v) is 8.02. The minimum absolute atomic E-state index is 0.223. The van der Waals surface area contributed by atoms with E-state index < -0.39 is 0 Å². The highest BCUT2D eigenvalue weighted by molar-refractivity contribution is 9.10. The first-order valence-electron chi connectivity index (χ1n) is 9.83. The summed E-state index contributed by atoms with van der Waals surface area (Å²) in [6.07, 6.45) is 0.969. The predicted octanol–water partition coefficient (Wildman–Crippen LogP) is 6.55. The minimum atomic E-state index is -0.370. The molecule has 0 radical (unpaired) electrons. The molecule has 0 fully saturated rings. The van der Waals surface area contributed by atoms with Crippen LogP contribution in [-0.2, 0) is 19.6 Å². The second-order valence-electron chi connectivity index (χ2n) is 6.76. The zero-order valence-corrected chi connectivity index (χ0v) is 19.1. The van der Waals surface area contributed by atoms with Crippen molar-refractivity contribution < 1.29 is 13.9 Å². The lowest BCUT2D eigenvalue weighted by atomic mass is 10.1. The van der Waals surface area contributed by atoms with Crippen LogP contribution in [0.15, 0.2) is 65.1 Å². The van der Waals surface area contributed by atoms with E-state index in [1.165, 1.54) is 17.7 Å². The lowest BCUT2D eigenvalue weighted by molar-refractivity contribution is 0.269. The Kier molecular flexibility index (Phi) is 8.55. The van der Waals surface area contributed by atoms with E-state index in [0.717, 1.165) is 23.0 Å². The van der Waals surface area contributed by atoms with Crippen LogP contribution in [0, 0.1) is 5.82 Å².